The molecule has 0 aliphatic carbocycles. The Bertz CT molecular complexity index is 703. The topological polar surface area (TPSA) is 59.6 Å². The molecule has 2 rings (SSSR count). The summed E-state index contributed by atoms with van der Waals surface area (Å²) in [6.45, 7) is 2.36. The number of halogens is 1. The van der Waals surface area contributed by atoms with Gasteiger partial charge in [-0.15, -0.1) is 0 Å². The van der Waals surface area contributed by atoms with Gasteiger partial charge >= 0.3 is 6.03 Å². The first-order valence-corrected chi connectivity index (χ1v) is 8.41. The lowest BCUT2D eigenvalue weighted by atomic mass is 9.91. The molecule has 5 nitrogen and oxygen atoms in total. The molecule has 134 valence electrons. The predicted molar refractivity (Wildman–Crippen MR) is 100 cm³/mol. The van der Waals surface area contributed by atoms with Crippen molar-refractivity contribution >= 4 is 23.3 Å². The molecule has 0 spiro atoms. The Morgan fingerprint density at radius 3 is 2.48 bits per heavy atom. The molecule has 25 heavy (non-hydrogen) atoms. The molecular formula is C19H23ClN2O3. The second kappa shape index (κ2) is 8.74. The first kappa shape index (κ1) is 19.1. The number of hydrogen-bond donors (Lipinski definition) is 2. The highest BCUT2D eigenvalue weighted by Crippen LogP contribution is 2.29. The Kier molecular flexibility index (Phi) is 6.67. The molecule has 2 aromatic carbocycles. The second-order valence-electron chi connectivity index (χ2n) is 5.57. The van der Waals surface area contributed by atoms with Crippen LogP contribution in [0.25, 0.3) is 0 Å². The summed E-state index contributed by atoms with van der Waals surface area (Å²) in [6.07, 6.45) is 0.717. The quantitative estimate of drug-likeness (QED) is 0.766. The zero-order chi connectivity index (χ0) is 18.3. The van der Waals surface area contributed by atoms with Crippen LogP contribution in [0.1, 0.15) is 18.9 Å². The Balaban J connectivity index is 2.09. The van der Waals surface area contributed by atoms with Crippen molar-refractivity contribution in [3.8, 4) is 5.75 Å². The minimum atomic E-state index is -0.586. The highest BCUT2D eigenvalue weighted by atomic mass is 35.5. The molecule has 0 bridgehead atoms. The summed E-state index contributed by atoms with van der Waals surface area (Å²) >= 11 is 5.98. The maximum Gasteiger partial charge on any atom is 0.319 e. The summed E-state index contributed by atoms with van der Waals surface area (Å²) in [5, 5.41) is 6.14. The van der Waals surface area contributed by atoms with Crippen LogP contribution in [-0.4, -0.2) is 26.8 Å². The SMILES string of the molecule is CCC(CNC(=O)Nc1cc(Cl)ccc1OC)(OC)c1ccccc1. The lowest BCUT2D eigenvalue weighted by molar-refractivity contribution is -0.0149. The molecule has 0 fully saturated rings. The fraction of sp³-hybridized carbons (Fsp3) is 0.316. The van der Waals surface area contributed by atoms with Gasteiger partial charge in [0.05, 0.1) is 19.3 Å². The van der Waals surface area contributed by atoms with Crippen LogP contribution in [0, 0.1) is 0 Å². The first-order chi connectivity index (χ1) is 12.0. The Hall–Kier alpha value is -2.24. The van der Waals surface area contributed by atoms with E-state index >= 15 is 0 Å². The van der Waals surface area contributed by atoms with Crippen LogP contribution in [0.4, 0.5) is 10.5 Å². The number of carbonyl (C=O) groups is 1. The number of amides is 2. The van der Waals surface area contributed by atoms with Crippen molar-refractivity contribution < 1.29 is 14.3 Å². The van der Waals surface area contributed by atoms with Crippen molar-refractivity contribution in [1.82, 2.24) is 5.32 Å². The average Bonchev–Trinajstić information content (AvgIpc) is 2.64. The third kappa shape index (κ3) is 4.65. The van der Waals surface area contributed by atoms with Crippen molar-refractivity contribution in [3.05, 3.63) is 59.1 Å². The first-order valence-electron chi connectivity index (χ1n) is 8.03. The van der Waals surface area contributed by atoms with Gasteiger partial charge in [-0.3, -0.25) is 0 Å². The van der Waals surface area contributed by atoms with E-state index in [1.54, 1.807) is 25.3 Å². The molecular weight excluding hydrogens is 340 g/mol. The molecule has 6 heteroatoms. The molecule has 1 atom stereocenters. The smallest absolute Gasteiger partial charge is 0.319 e. The van der Waals surface area contributed by atoms with Gasteiger partial charge < -0.3 is 20.1 Å². The second-order valence-corrected chi connectivity index (χ2v) is 6.01. The summed E-state index contributed by atoms with van der Waals surface area (Å²) in [5.41, 5.74) is 0.934. The van der Waals surface area contributed by atoms with Gasteiger partial charge in [-0.05, 0) is 30.2 Å². The van der Waals surface area contributed by atoms with Gasteiger partial charge in [-0.1, -0.05) is 48.9 Å². The van der Waals surface area contributed by atoms with E-state index in [1.165, 1.54) is 7.11 Å². The van der Waals surface area contributed by atoms with Crippen molar-refractivity contribution in [1.29, 1.82) is 0 Å². The highest BCUT2D eigenvalue weighted by molar-refractivity contribution is 6.31. The molecule has 0 aliphatic heterocycles. The summed E-state index contributed by atoms with van der Waals surface area (Å²) in [4.78, 5) is 12.3. The maximum absolute atomic E-state index is 12.3. The van der Waals surface area contributed by atoms with Crippen LogP contribution in [-0.2, 0) is 10.3 Å². The number of carbonyl (C=O) groups excluding carboxylic acids is 1. The zero-order valence-corrected chi connectivity index (χ0v) is 15.4. The van der Waals surface area contributed by atoms with Crippen LogP contribution in [0.5, 0.6) is 5.75 Å². The Morgan fingerprint density at radius 1 is 1.16 bits per heavy atom. The highest BCUT2D eigenvalue weighted by Gasteiger charge is 2.30. The van der Waals surface area contributed by atoms with E-state index in [4.69, 9.17) is 21.1 Å². The third-order valence-electron chi connectivity index (χ3n) is 4.21. The summed E-state index contributed by atoms with van der Waals surface area (Å²) in [5.74, 6) is 0.538. The van der Waals surface area contributed by atoms with Gasteiger partial charge in [0.25, 0.3) is 0 Å². The molecule has 0 saturated carbocycles. The summed E-state index contributed by atoms with van der Waals surface area (Å²) in [7, 11) is 3.19. The molecule has 0 aliphatic rings. The van der Waals surface area contributed by atoms with Crippen LogP contribution in [0.15, 0.2) is 48.5 Å². The number of anilines is 1. The van der Waals surface area contributed by atoms with Gasteiger partial charge in [0.2, 0.25) is 0 Å². The van der Waals surface area contributed by atoms with Crippen LogP contribution in [0.2, 0.25) is 5.02 Å². The van der Waals surface area contributed by atoms with E-state index in [9.17, 15) is 4.79 Å². The average molecular weight is 363 g/mol. The van der Waals surface area contributed by atoms with Crippen molar-refractivity contribution in [3.63, 3.8) is 0 Å². The molecule has 2 amide bonds. The summed E-state index contributed by atoms with van der Waals surface area (Å²) in [6, 6.07) is 14.5. The van der Waals surface area contributed by atoms with Crippen LogP contribution >= 0.6 is 11.6 Å². The molecule has 0 saturated heterocycles. The number of benzene rings is 2. The fourth-order valence-corrected chi connectivity index (χ4v) is 2.85. The standard InChI is InChI=1S/C19H23ClN2O3/c1-4-19(25-3,14-8-6-5-7-9-14)13-21-18(23)22-16-12-15(20)10-11-17(16)24-2/h5-12H,4,13H2,1-3H3,(H2,21,22,23). The van der Waals surface area contributed by atoms with Gasteiger partial charge in [0, 0.05) is 12.1 Å². The van der Waals surface area contributed by atoms with Crippen molar-refractivity contribution in [2.75, 3.05) is 26.1 Å². The number of rotatable bonds is 7. The molecule has 0 radical (unpaired) electrons. The largest absolute Gasteiger partial charge is 0.495 e. The number of ether oxygens (including phenoxy) is 2. The van der Waals surface area contributed by atoms with Crippen LogP contribution in [0.3, 0.4) is 0 Å². The van der Waals surface area contributed by atoms with Gasteiger partial charge in [-0.2, -0.15) is 0 Å². The van der Waals surface area contributed by atoms with E-state index in [1.807, 2.05) is 37.3 Å². The molecule has 2 N–H and O–H groups in total. The monoisotopic (exact) mass is 362 g/mol. The maximum atomic E-state index is 12.3. The molecule has 1 unspecified atom stereocenters. The van der Waals surface area contributed by atoms with Crippen molar-refractivity contribution in [2.45, 2.75) is 18.9 Å². The van der Waals surface area contributed by atoms with E-state index < -0.39 is 5.60 Å². The van der Waals surface area contributed by atoms with Gasteiger partial charge in [-0.25, -0.2) is 4.79 Å². The number of urea groups is 1. The van der Waals surface area contributed by atoms with Crippen molar-refractivity contribution in [2.24, 2.45) is 0 Å². The summed E-state index contributed by atoms with van der Waals surface area (Å²) < 4.78 is 11.0. The number of hydrogen-bond acceptors (Lipinski definition) is 3. The lowest BCUT2D eigenvalue weighted by Gasteiger charge is -2.32. The predicted octanol–water partition coefficient (Wildman–Crippen LogP) is 4.42. The van der Waals surface area contributed by atoms with E-state index in [0.717, 1.165) is 5.56 Å². The Morgan fingerprint density at radius 2 is 1.88 bits per heavy atom. The van der Waals surface area contributed by atoms with Gasteiger partial charge in [0.1, 0.15) is 11.4 Å². The minimum Gasteiger partial charge on any atom is -0.495 e. The van der Waals surface area contributed by atoms with Crippen LogP contribution < -0.4 is 15.4 Å². The number of methoxy groups -OCH3 is 2. The third-order valence-corrected chi connectivity index (χ3v) is 4.44. The normalized spacial score (nSPS) is 13.0. The minimum absolute atomic E-state index is 0.332. The fourth-order valence-electron chi connectivity index (χ4n) is 2.67. The van der Waals surface area contributed by atoms with E-state index in [2.05, 4.69) is 10.6 Å². The molecule has 0 aromatic heterocycles. The van der Waals surface area contributed by atoms with E-state index in [-0.39, 0.29) is 6.03 Å². The zero-order valence-electron chi connectivity index (χ0n) is 14.6. The lowest BCUT2D eigenvalue weighted by Crippen LogP contribution is -2.43. The molecule has 2 aromatic rings. The Labute approximate surface area is 153 Å². The number of nitrogens with one attached hydrogen (secondary N) is 2. The van der Waals surface area contributed by atoms with E-state index in [0.29, 0.717) is 29.4 Å². The van der Waals surface area contributed by atoms with Gasteiger partial charge in [0.15, 0.2) is 0 Å². The molecule has 0 heterocycles.